The van der Waals surface area contributed by atoms with Crippen LogP contribution in [0.5, 0.6) is 0 Å². The Bertz CT molecular complexity index is 580. The minimum atomic E-state index is -1.17. The van der Waals surface area contributed by atoms with E-state index < -0.39 is 8.80 Å². The molecular formula is C24H39NSi. The second-order valence-electron chi connectivity index (χ2n) is 8.77. The molecule has 0 radical (unpaired) electrons. The van der Waals surface area contributed by atoms with Crippen molar-refractivity contribution in [1.82, 2.24) is 5.32 Å². The first kappa shape index (κ1) is 21.2. The molecule has 2 rings (SSSR count). The van der Waals surface area contributed by atoms with E-state index in [9.17, 15) is 0 Å². The molecule has 1 aliphatic rings. The Morgan fingerprint density at radius 2 is 1.65 bits per heavy atom. The lowest BCUT2D eigenvalue weighted by atomic mass is 10.1. The molecular weight excluding hydrogens is 330 g/mol. The Kier molecular flexibility index (Phi) is 8.87. The molecule has 0 aromatic heterocycles. The summed E-state index contributed by atoms with van der Waals surface area (Å²) in [4.78, 5) is 0. The highest BCUT2D eigenvalue weighted by Crippen LogP contribution is 2.26. The Morgan fingerprint density at radius 3 is 2.35 bits per heavy atom. The summed E-state index contributed by atoms with van der Waals surface area (Å²) < 4.78 is 0. The molecule has 0 heterocycles. The van der Waals surface area contributed by atoms with E-state index in [0.29, 0.717) is 0 Å². The molecule has 0 spiro atoms. The van der Waals surface area contributed by atoms with Gasteiger partial charge in [0.25, 0.3) is 0 Å². The highest BCUT2D eigenvalue weighted by atomic mass is 28.3. The van der Waals surface area contributed by atoms with Crippen molar-refractivity contribution in [3.05, 3.63) is 53.3 Å². The molecule has 1 N–H and O–H groups in total. The Morgan fingerprint density at radius 1 is 0.962 bits per heavy atom. The molecule has 144 valence electrons. The van der Waals surface area contributed by atoms with Gasteiger partial charge >= 0.3 is 0 Å². The van der Waals surface area contributed by atoms with Crippen LogP contribution >= 0.6 is 0 Å². The van der Waals surface area contributed by atoms with Crippen molar-refractivity contribution in [2.24, 2.45) is 0 Å². The van der Waals surface area contributed by atoms with Gasteiger partial charge in [-0.15, -0.1) is 0 Å². The van der Waals surface area contributed by atoms with E-state index in [2.05, 4.69) is 75.5 Å². The zero-order valence-corrected chi connectivity index (χ0v) is 18.6. The van der Waals surface area contributed by atoms with E-state index in [1.807, 2.05) is 0 Å². The summed E-state index contributed by atoms with van der Waals surface area (Å²) in [5.41, 5.74) is 1.85. The predicted octanol–water partition coefficient (Wildman–Crippen LogP) is 5.59. The molecule has 0 fully saturated rings. The average Bonchev–Trinajstić information content (AvgIpc) is 3.06. The van der Waals surface area contributed by atoms with Gasteiger partial charge in [-0.3, -0.25) is 0 Å². The van der Waals surface area contributed by atoms with Crippen LogP contribution in [0.2, 0.25) is 0 Å². The van der Waals surface area contributed by atoms with Gasteiger partial charge in [-0.25, -0.2) is 0 Å². The third kappa shape index (κ3) is 7.24. The van der Waals surface area contributed by atoms with Crippen LogP contribution in [0.25, 0.3) is 0 Å². The summed E-state index contributed by atoms with van der Waals surface area (Å²) in [7, 11) is -1.17. The maximum atomic E-state index is 3.81. The summed E-state index contributed by atoms with van der Waals surface area (Å²) in [6.45, 7) is 9.13. The van der Waals surface area contributed by atoms with Crippen molar-refractivity contribution >= 4 is 14.0 Å². The third-order valence-corrected chi connectivity index (χ3v) is 8.58. The molecule has 1 aromatic carbocycles. The molecule has 26 heavy (non-hydrogen) atoms. The second kappa shape index (κ2) is 10.9. The molecule has 1 aliphatic carbocycles. The fraction of sp³-hybridized carbons (Fsp3) is 0.583. The summed E-state index contributed by atoms with van der Waals surface area (Å²) >= 11 is 0. The first-order valence-electron chi connectivity index (χ1n) is 10.7. The standard InChI is InChI=1S/C24H39NSi/c1-5-6-7-8-9-11-15-21-16-14-19-23(21)26(20-25-24(2,3)4)22-17-12-10-13-18-22/h10,12-14,16-18,25-26H,5-9,11,15,19-20H2,1-4H3. The topological polar surface area (TPSA) is 12.0 Å². The number of nitrogens with one attached hydrogen (secondary N) is 1. The number of hydrogen-bond donors (Lipinski definition) is 1. The van der Waals surface area contributed by atoms with Crippen LogP contribution in [-0.2, 0) is 0 Å². The normalized spacial score (nSPS) is 15.7. The first-order valence-corrected chi connectivity index (χ1v) is 12.7. The van der Waals surface area contributed by atoms with Crippen molar-refractivity contribution in [3.8, 4) is 0 Å². The van der Waals surface area contributed by atoms with Gasteiger partial charge in [-0.2, -0.15) is 0 Å². The molecule has 0 saturated carbocycles. The summed E-state index contributed by atoms with van der Waals surface area (Å²) in [6, 6.07) is 11.3. The maximum Gasteiger partial charge on any atom is 0.112 e. The Balaban J connectivity index is 2.04. The maximum absolute atomic E-state index is 3.81. The summed E-state index contributed by atoms with van der Waals surface area (Å²) in [5, 5.41) is 7.17. The minimum absolute atomic E-state index is 0.187. The largest absolute Gasteiger partial charge is 0.314 e. The molecule has 0 bridgehead atoms. The van der Waals surface area contributed by atoms with E-state index in [4.69, 9.17) is 0 Å². The van der Waals surface area contributed by atoms with Crippen LogP contribution in [0, 0.1) is 0 Å². The zero-order valence-electron chi connectivity index (χ0n) is 17.5. The van der Waals surface area contributed by atoms with Crippen molar-refractivity contribution in [3.63, 3.8) is 0 Å². The number of unbranched alkanes of at least 4 members (excludes halogenated alkanes) is 5. The van der Waals surface area contributed by atoms with E-state index >= 15 is 0 Å². The smallest absolute Gasteiger partial charge is 0.112 e. The third-order valence-electron chi connectivity index (χ3n) is 5.33. The zero-order chi connectivity index (χ0) is 18.8. The molecule has 1 unspecified atom stereocenters. The predicted molar refractivity (Wildman–Crippen MR) is 120 cm³/mol. The number of rotatable bonds is 11. The van der Waals surface area contributed by atoms with Gasteiger partial charge in [0.05, 0.1) is 0 Å². The lowest BCUT2D eigenvalue weighted by Gasteiger charge is -2.26. The van der Waals surface area contributed by atoms with Crippen molar-refractivity contribution in [2.45, 2.75) is 84.6 Å². The first-order chi connectivity index (χ1) is 12.5. The summed E-state index contributed by atoms with van der Waals surface area (Å²) in [6.07, 6.45) is 16.8. The van der Waals surface area contributed by atoms with Crippen LogP contribution in [-0.4, -0.2) is 20.5 Å². The molecule has 1 nitrogen and oxygen atoms in total. The number of allylic oxidation sites excluding steroid dienone is 4. The van der Waals surface area contributed by atoms with Crippen molar-refractivity contribution in [2.75, 3.05) is 6.17 Å². The Hall–Kier alpha value is -1.12. The number of benzene rings is 1. The lowest BCUT2D eigenvalue weighted by molar-refractivity contribution is 0.457. The van der Waals surface area contributed by atoms with Gasteiger partial charge in [0.15, 0.2) is 0 Å². The fourth-order valence-electron chi connectivity index (χ4n) is 3.81. The van der Waals surface area contributed by atoms with Gasteiger partial charge in [-0.05, 0) is 46.2 Å². The summed E-state index contributed by atoms with van der Waals surface area (Å²) in [5.74, 6) is 0. The number of hydrogen-bond acceptors (Lipinski definition) is 1. The van der Waals surface area contributed by atoms with Crippen LogP contribution in [0.3, 0.4) is 0 Å². The SMILES string of the molecule is CCCCCCCCC1=C([SiH](CNC(C)(C)C)c2ccccc2)CC=C1. The molecule has 2 heteroatoms. The molecule has 1 atom stereocenters. The molecule has 0 saturated heterocycles. The van der Waals surface area contributed by atoms with Crippen molar-refractivity contribution < 1.29 is 0 Å². The van der Waals surface area contributed by atoms with Crippen LogP contribution < -0.4 is 10.5 Å². The minimum Gasteiger partial charge on any atom is -0.314 e. The fourth-order valence-corrected chi connectivity index (χ4v) is 7.30. The van der Waals surface area contributed by atoms with E-state index in [-0.39, 0.29) is 5.54 Å². The lowest BCUT2D eigenvalue weighted by Crippen LogP contribution is -2.48. The average molecular weight is 370 g/mol. The second-order valence-corrected chi connectivity index (χ2v) is 11.6. The van der Waals surface area contributed by atoms with Gasteiger partial charge in [0.1, 0.15) is 8.80 Å². The van der Waals surface area contributed by atoms with Gasteiger partial charge in [0, 0.05) is 5.54 Å². The monoisotopic (exact) mass is 369 g/mol. The van der Waals surface area contributed by atoms with E-state index in [1.165, 1.54) is 51.4 Å². The highest BCUT2D eigenvalue weighted by molar-refractivity contribution is 6.80. The van der Waals surface area contributed by atoms with Gasteiger partial charge in [0.2, 0.25) is 0 Å². The van der Waals surface area contributed by atoms with Crippen molar-refractivity contribution in [1.29, 1.82) is 0 Å². The highest BCUT2D eigenvalue weighted by Gasteiger charge is 2.24. The van der Waals surface area contributed by atoms with Crippen LogP contribution in [0.4, 0.5) is 0 Å². The molecule has 0 amide bonds. The van der Waals surface area contributed by atoms with Gasteiger partial charge < -0.3 is 5.32 Å². The Labute approximate surface area is 163 Å². The van der Waals surface area contributed by atoms with E-state index in [1.54, 1.807) is 16.0 Å². The van der Waals surface area contributed by atoms with E-state index in [0.717, 1.165) is 6.17 Å². The van der Waals surface area contributed by atoms with Crippen LogP contribution in [0.1, 0.15) is 79.1 Å². The quantitative estimate of drug-likeness (QED) is 0.396. The molecule has 1 aromatic rings. The van der Waals surface area contributed by atoms with Crippen LogP contribution in [0.15, 0.2) is 53.3 Å². The van der Waals surface area contributed by atoms with Gasteiger partial charge in [-0.1, -0.05) is 97.5 Å². The molecule has 0 aliphatic heterocycles.